The van der Waals surface area contributed by atoms with Crippen molar-refractivity contribution >= 4 is 38.5 Å². The normalized spacial score (nSPS) is 14.3. The number of thiazole rings is 1. The molecule has 0 unspecified atom stereocenters. The molecule has 2 amide bonds. The van der Waals surface area contributed by atoms with E-state index in [0.717, 1.165) is 21.1 Å². The second-order valence-corrected chi connectivity index (χ2v) is 8.80. The maximum atomic E-state index is 12.5. The molecule has 0 radical (unpaired) electrons. The van der Waals surface area contributed by atoms with Gasteiger partial charge in [0.25, 0.3) is 0 Å². The molecule has 2 heterocycles. The van der Waals surface area contributed by atoms with Gasteiger partial charge in [-0.1, -0.05) is 41.7 Å². The van der Waals surface area contributed by atoms with Crippen molar-refractivity contribution in [2.75, 3.05) is 38.1 Å². The third-order valence-electron chi connectivity index (χ3n) is 5.54. The molecule has 4 rings (SSSR count). The van der Waals surface area contributed by atoms with E-state index in [1.54, 1.807) is 11.3 Å². The van der Waals surface area contributed by atoms with Gasteiger partial charge in [-0.05, 0) is 37.1 Å². The first-order valence-corrected chi connectivity index (χ1v) is 11.8. The molecule has 1 aromatic heterocycles. The standard InChI is InChI=1S/C24H28N4O3S/c29-22(12-17-31-19-6-2-1-3-7-19)28-15-10-18(11-16-28)23(30)25-13-14-26-24-27-20-8-4-5-9-21(20)32-24/h1-9,18H,10-17H2,(H,25,30)(H,26,27). The van der Waals surface area contributed by atoms with E-state index in [1.807, 2.05) is 59.5 Å². The lowest BCUT2D eigenvalue weighted by Gasteiger charge is -2.31. The van der Waals surface area contributed by atoms with Crippen molar-refractivity contribution in [2.45, 2.75) is 19.3 Å². The van der Waals surface area contributed by atoms with Crippen molar-refractivity contribution in [2.24, 2.45) is 5.92 Å². The van der Waals surface area contributed by atoms with Crippen LogP contribution >= 0.6 is 11.3 Å². The van der Waals surface area contributed by atoms with Crippen molar-refractivity contribution in [1.82, 2.24) is 15.2 Å². The molecule has 2 N–H and O–H groups in total. The van der Waals surface area contributed by atoms with Crippen LogP contribution in [0.3, 0.4) is 0 Å². The van der Waals surface area contributed by atoms with Gasteiger partial charge in [-0.25, -0.2) is 4.98 Å². The van der Waals surface area contributed by atoms with E-state index < -0.39 is 0 Å². The zero-order valence-electron chi connectivity index (χ0n) is 18.0. The monoisotopic (exact) mass is 452 g/mol. The number of nitrogens with one attached hydrogen (secondary N) is 2. The number of carbonyl (C=O) groups is 2. The van der Waals surface area contributed by atoms with Crippen LogP contribution in [0.4, 0.5) is 5.13 Å². The van der Waals surface area contributed by atoms with Crippen LogP contribution in [-0.2, 0) is 9.59 Å². The van der Waals surface area contributed by atoms with Gasteiger partial charge in [0, 0.05) is 32.1 Å². The summed E-state index contributed by atoms with van der Waals surface area (Å²) in [6.07, 6.45) is 1.74. The van der Waals surface area contributed by atoms with Gasteiger partial charge < -0.3 is 20.3 Å². The molecular formula is C24H28N4O3S. The smallest absolute Gasteiger partial charge is 0.225 e. The average molecular weight is 453 g/mol. The maximum absolute atomic E-state index is 12.5. The van der Waals surface area contributed by atoms with Crippen LogP contribution in [0, 0.1) is 5.92 Å². The van der Waals surface area contributed by atoms with E-state index in [9.17, 15) is 9.59 Å². The topological polar surface area (TPSA) is 83.6 Å². The lowest BCUT2D eigenvalue weighted by atomic mass is 9.95. The maximum Gasteiger partial charge on any atom is 0.225 e. The predicted octanol–water partition coefficient (Wildman–Crippen LogP) is 3.53. The number of hydrogen-bond donors (Lipinski definition) is 2. The summed E-state index contributed by atoms with van der Waals surface area (Å²) in [6.45, 7) is 2.78. The molecule has 0 aliphatic carbocycles. The Morgan fingerprint density at radius 2 is 1.78 bits per heavy atom. The van der Waals surface area contributed by atoms with E-state index in [2.05, 4.69) is 15.6 Å². The third kappa shape index (κ3) is 5.97. The van der Waals surface area contributed by atoms with Crippen LogP contribution in [0.25, 0.3) is 10.2 Å². The minimum Gasteiger partial charge on any atom is -0.493 e. The van der Waals surface area contributed by atoms with Crippen LogP contribution in [0.15, 0.2) is 54.6 Å². The largest absolute Gasteiger partial charge is 0.493 e. The summed E-state index contributed by atoms with van der Waals surface area (Å²) in [4.78, 5) is 31.3. The summed E-state index contributed by atoms with van der Waals surface area (Å²) in [5, 5.41) is 7.14. The van der Waals surface area contributed by atoms with Crippen molar-refractivity contribution in [3.05, 3.63) is 54.6 Å². The minimum atomic E-state index is -0.0398. The van der Waals surface area contributed by atoms with Crippen LogP contribution in [0.5, 0.6) is 5.75 Å². The number of anilines is 1. The second kappa shape index (κ2) is 10.9. The van der Waals surface area contributed by atoms with Gasteiger partial charge in [-0.2, -0.15) is 0 Å². The van der Waals surface area contributed by atoms with Gasteiger partial charge in [0.15, 0.2) is 5.13 Å². The molecule has 1 saturated heterocycles. The van der Waals surface area contributed by atoms with E-state index in [-0.39, 0.29) is 17.7 Å². The van der Waals surface area contributed by atoms with Gasteiger partial charge in [0.1, 0.15) is 5.75 Å². The SMILES string of the molecule is O=C(NCCNc1nc2ccccc2s1)C1CCN(C(=O)CCOc2ccccc2)CC1. The van der Waals surface area contributed by atoms with Gasteiger partial charge in [0.05, 0.1) is 23.2 Å². The first-order chi connectivity index (χ1) is 15.7. The number of likely N-dealkylation sites (tertiary alicyclic amines) is 1. The fraction of sp³-hybridized carbons (Fsp3) is 0.375. The Morgan fingerprint density at radius 3 is 2.56 bits per heavy atom. The molecule has 8 heteroatoms. The highest BCUT2D eigenvalue weighted by Gasteiger charge is 2.26. The molecule has 0 bridgehead atoms. The predicted molar refractivity (Wildman–Crippen MR) is 127 cm³/mol. The van der Waals surface area contributed by atoms with Gasteiger partial charge in [-0.15, -0.1) is 0 Å². The number of fused-ring (bicyclic) bond motifs is 1. The molecule has 0 atom stereocenters. The summed E-state index contributed by atoms with van der Waals surface area (Å²) >= 11 is 1.61. The molecule has 3 aromatic rings. The number of piperidine rings is 1. The zero-order valence-corrected chi connectivity index (χ0v) is 18.8. The van der Waals surface area contributed by atoms with Gasteiger partial charge in [0.2, 0.25) is 11.8 Å². The molecule has 1 aliphatic rings. The number of benzene rings is 2. The lowest BCUT2D eigenvalue weighted by Crippen LogP contribution is -2.44. The van der Waals surface area contributed by atoms with Crippen LogP contribution in [0.2, 0.25) is 0 Å². The summed E-state index contributed by atoms with van der Waals surface area (Å²) in [5.74, 6) is 0.880. The van der Waals surface area contributed by atoms with Crippen molar-refractivity contribution in [3.63, 3.8) is 0 Å². The Kier molecular flexibility index (Phi) is 7.55. The number of rotatable bonds is 9. The Morgan fingerprint density at radius 1 is 1.03 bits per heavy atom. The van der Waals surface area contributed by atoms with Crippen molar-refractivity contribution < 1.29 is 14.3 Å². The first kappa shape index (κ1) is 22.1. The van der Waals surface area contributed by atoms with Crippen molar-refractivity contribution in [1.29, 1.82) is 0 Å². The van der Waals surface area contributed by atoms with Crippen molar-refractivity contribution in [3.8, 4) is 5.75 Å². The highest BCUT2D eigenvalue weighted by atomic mass is 32.1. The number of ether oxygens (including phenoxy) is 1. The number of hydrogen-bond acceptors (Lipinski definition) is 6. The fourth-order valence-corrected chi connectivity index (χ4v) is 4.66. The molecule has 2 aromatic carbocycles. The quantitative estimate of drug-likeness (QED) is 0.485. The number of carbonyl (C=O) groups excluding carboxylic acids is 2. The number of aromatic nitrogens is 1. The molecule has 1 aliphatic heterocycles. The van der Waals surface area contributed by atoms with Crippen LogP contribution in [0.1, 0.15) is 19.3 Å². The highest BCUT2D eigenvalue weighted by molar-refractivity contribution is 7.22. The lowest BCUT2D eigenvalue weighted by molar-refractivity contribution is -0.136. The summed E-state index contributed by atoms with van der Waals surface area (Å²) in [6, 6.07) is 17.5. The Labute approximate surface area is 191 Å². The van der Waals surface area contributed by atoms with Gasteiger partial charge >= 0.3 is 0 Å². The molecular weight excluding hydrogens is 424 g/mol. The Hall–Kier alpha value is -3.13. The van der Waals surface area contributed by atoms with Crippen LogP contribution in [-0.4, -0.2) is 54.5 Å². The molecule has 0 spiro atoms. The van der Waals surface area contributed by atoms with E-state index in [0.29, 0.717) is 52.0 Å². The molecule has 32 heavy (non-hydrogen) atoms. The Bertz CT molecular complexity index is 999. The summed E-state index contributed by atoms with van der Waals surface area (Å²) in [5.41, 5.74) is 0.983. The summed E-state index contributed by atoms with van der Waals surface area (Å²) < 4.78 is 6.75. The van der Waals surface area contributed by atoms with E-state index in [4.69, 9.17) is 4.74 Å². The number of para-hydroxylation sites is 2. The van der Waals surface area contributed by atoms with E-state index in [1.165, 1.54) is 0 Å². The highest BCUT2D eigenvalue weighted by Crippen LogP contribution is 2.25. The molecule has 1 fully saturated rings. The number of amides is 2. The summed E-state index contributed by atoms with van der Waals surface area (Å²) in [7, 11) is 0. The second-order valence-electron chi connectivity index (χ2n) is 7.77. The molecule has 168 valence electrons. The fourth-order valence-electron chi connectivity index (χ4n) is 3.77. The van der Waals surface area contributed by atoms with Gasteiger partial charge in [-0.3, -0.25) is 9.59 Å². The Balaban J connectivity index is 1.11. The third-order valence-corrected chi connectivity index (χ3v) is 6.53. The molecule has 0 saturated carbocycles. The van der Waals surface area contributed by atoms with Crippen LogP contribution < -0.4 is 15.4 Å². The molecule has 7 nitrogen and oxygen atoms in total. The zero-order chi connectivity index (χ0) is 22.2. The number of nitrogens with zero attached hydrogens (tertiary/aromatic N) is 2. The first-order valence-electron chi connectivity index (χ1n) is 11.0. The average Bonchev–Trinajstić information content (AvgIpc) is 3.25. The minimum absolute atomic E-state index is 0.0398. The van der Waals surface area contributed by atoms with E-state index >= 15 is 0 Å².